The van der Waals surface area contributed by atoms with Crippen LogP contribution < -0.4 is 0 Å². The van der Waals surface area contributed by atoms with Crippen molar-refractivity contribution in [2.24, 2.45) is 5.92 Å². The first-order chi connectivity index (χ1) is 11.8. The van der Waals surface area contributed by atoms with Crippen LogP contribution >= 0.6 is 0 Å². The Kier molecular flexibility index (Phi) is 4.85. The number of sulfone groups is 1. The highest BCUT2D eigenvalue weighted by molar-refractivity contribution is 7.91. The Hall–Kier alpha value is -1.91. The van der Waals surface area contributed by atoms with Gasteiger partial charge in [-0.3, -0.25) is 9.69 Å². The summed E-state index contributed by atoms with van der Waals surface area (Å²) in [6.45, 7) is 6.30. The monoisotopic (exact) mass is 361 g/mol. The molecule has 0 spiro atoms. The number of piperazine rings is 1. The van der Waals surface area contributed by atoms with Crippen LogP contribution in [0.4, 0.5) is 0 Å². The summed E-state index contributed by atoms with van der Waals surface area (Å²) in [7, 11) is -3.14. The Balaban J connectivity index is 1.84. The number of nitrogens with zero attached hydrogens (tertiary/aromatic N) is 3. The molecular weight excluding hydrogens is 338 g/mol. The summed E-state index contributed by atoms with van der Waals surface area (Å²) in [5, 5.41) is 8.88. The van der Waals surface area contributed by atoms with Crippen LogP contribution in [-0.2, 0) is 9.84 Å². The van der Waals surface area contributed by atoms with Crippen molar-refractivity contribution in [2.45, 2.75) is 25.9 Å². The number of benzene rings is 1. The normalized spacial score (nSPS) is 25.6. The molecule has 0 radical (unpaired) electrons. The van der Waals surface area contributed by atoms with Gasteiger partial charge in [0.05, 0.1) is 29.2 Å². The number of amides is 1. The third-order valence-corrected chi connectivity index (χ3v) is 6.61. The molecule has 2 aliphatic rings. The van der Waals surface area contributed by atoms with Gasteiger partial charge in [0, 0.05) is 31.2 Å². The van der Waals surface area contributed by atoms with E-state index >= 15 is 0 Å². The van der Waals surface area contributed by atoms with E-state index in [1.807, 2.05) is 6.07 Å². The van der Waals surface area contributed by atoms with Gasteiger partial charge < -0.3 is 4.90 Å². The van der Waals surface area contributed by atoms with Gasteiger partial charge in [-0.1, -0.05) is 13.8 Å². The summed E-state index contributed by atoms with van der Waals surface area (Å²) in [5.41, 5.74) is 0.999. The third-order valence-electron chi connectivity index (χ3n) is 4.91. The number of fused-ring (bicyclic) bond motifs is 1. The van der Waals surface area contributed by atoms with Crippen molar-refractivity contribution in [2.75, 3.05) is 31.1 Å². The molecule has 2 unspecified atom stereocenters. The first-order valence-corrected chi connectivity index (χ1v) is 10.4. The molecule has 3 rings (SSSR count). The second kappa shape index (κ2) is 6.77. The second-order valence-electron chi connectivity index (χ2n) is 7.29. The van der Waals surface area contributed by atoms with E-state index in [4.69, 9.17) is 5.26 Å². The van der Waals surface area contributed by atoms with Gasteiger partial charge in [0.15, 0.2) is 9.84 Å². The van der Waals surface area contributed by atoms with Gasteiger partial charge >= 0.3 is 0 Å². The lowest BCUT2D eigenvalue weighted by molar-refractivity contribution is 0.0297. The summed E-state index contributed by atoms with van der Waals surface area (Å²) >= 11 is 0. The van der Waals surface area contributed by atoms with E-state index in [0.29, 0.717) is 30.1 Å². The molecular formula is C18H23N3O3S. The minimum absolute atomic E-state index is 0.0360. The molecule has 134 valence electrons. The first kappa shape index (κ1) is 17.9. The molecule has 2 aliphatic heterocycles. The van der Waals surface area contributed by atoms with E-state index in [-0.39, 0.29) is 29.5 Å². The van der Waals surface area contributed by atoms with Gasteiger partial charge in [-0.05, 0) is 30.2 Å². The fourth-order valence-electron chi connectivity index (χ4n) is 3.83. The minimum atomic E-state index is -3.14. The van der Waals surface area contributed by atoms with Crippen LogP contribution in [0.1, 0.15) is 29.8 Å². The van der Waals surface area contributed by atoms with Crippen molar-refractivity contribution in [3.8, 4) is 6.07 Å². The Morgan fingerprint density at radius 2 is 1.84 bits per heavy atom. The molecule has 7 heteroatoms. The lowest BCUT2D eigenvalue weighted by Gasteiger charge is -2.44. The zero-order valence-corrected chi connectivity index (χ0v) is 15.4. The number of hydrogen-bond donors (Lipinski definition) is 0. The number of carbonyl (C=O) groups is 1. The summed E-state index contributed by atoms with van der Waals surface area (Å²) in [6, 6.07) is 8.13. The van der Waals surface area contributed by atoms with Crippen molar-refractivity contribution < 1.29 is 13.2 Å². The van der Waals surface area contributed by atoms with E-state index < -0.39 is 9.84 Å². The molecule has 1 aromatic carbocycles. The maximum absolute atomic E-state index is 12.9. The van der Waals surface area contributed by atoms with E-state index in [2.05, 4.69) is 18.7 Å². The predicted octanol–water partition coefficient (Wildman–Crippen LogP) is 1.14. The van der Waals surface area contributed by atoms with Crippen LogP contribution in [0.2, 0.25) is 0 Å². The molecule has 2 fully saturated rings. The minimum Gasteiger partial charge on any atom is -0.332 e. The smallest absolute Gasteiger partial charge is 0.254 e. The van der Waals surface area contributed by atoms with E-state index in [1.165, 1.54) is 0 Å². The Labute approximate surface area is 148 Å². The SMILES string of the molecule is CC(C)CN1CCN(C(=O)c2ccc(C#N)cc2)C2CS(=O)(=O)CC21. The average Bonchev–Trinajstić information content (AvgIpc) is 2.90. The molecule has 2 atom stereocenters. The molecule has 0 N–H and O–H groups in total. The average molecular weight is 361 g/mol. The topological polar surface area (TPSA) is 81.5 Å². The van der Waals surface area contributed by atoms with Gasteiger partial charge in [0.2, 0.25) is 0 Å². The molecule has 2 saturated heterocycles. The van der Waals surface area contributed by atoms with Gasteiger partial charge in [0.25, 0.3) is 5.91 Å². The van der Waals surface area contributed by atoms with Gasteiger partial charge in [0.1, 0.15) is 0 Å². The van der Waals surface area contributed by atoms with Gasteiger partial charge in [-0.25, -0.2) is 8.42 Å². The van der Waals surface area contributed by atoms with Crippen LogP contribution in [0, 0.1) is 17.2 Å². The van der Waals surface area contributed by atoms with Gasteiger partial charge in [-0.15, -0.1) is 0 Å². The summed E-state index contributed by atoms with van der Waals surface area (Å²) in [4.78, 5) is 16.9. The zero-order chi connectivity index (χ0) is 18.2. The summed E-state index contributed by atoms with van der Waals surface area (Å²) in [6.07, 6.45) is 0. The maximum Gasteiger partial charge on any atom is 0.254 e. The number of rotatable bonds is 3. The lowest BCUT2D eigenvalue weighted by atomic mass is 10.0. The number of hydrogen-bond acceptors (Lipinski definition) is 5. The Morgan fingerprint density at radius 3 is 2.44 bits per heavy atom. The maximum atomic E-state index is 12.9. The molecule has 2 heterocycles. The highest BCUT2D eigenvalue weighted by Gasteiger charge is 2.48. The van der Waals surface area contributed by atoms with Crippen LogP contribution in [0.5, 0.6) is 0 Å². The highest BCUT2D eigenvalue weighted by atomic mass is 32.2. The molecule has 1 aromatic rings. The first-order valence-electron chi connectivity index (χ1n) is 8.56. The number of nitriles is 1. The van der Waals surface area contributed by atoms with Crippen molar-refractivity contribution in [1.82, 2.24) is 9.80 Å². The third kappa shape index (κ3) is 3.70. The molecule has 0 saturated carbocycles. The fourth-order valence-corrected chi connectivity index (χ4v) is 5.84. The van der Waals surface area contributed by atoms with Crippen molar-refractivity contribution in [3.63, 3.8) is 0 Å². The molecule has 1 amide bonds. The second-order valence-corrected chi connectivity index (χ2v) is 9.44. The molecule has 0 bridgehead atoms. The molecule has 25 heavy (non-hydrogen) atoms. The van der Waals surface area contributed by atoms with Crippen LogP contribution in [-0.4, -0.2) is 67.3 Å². The van der Waals surface area contributed by atoms with E-state index in [0.717, 1.165) is 6.54 Å². The Morgan fingerprint density at radius 1 is 1.20 bits per heavy atom. The van der Waals surface area contributed by atoms with Crippen LogP contribution in [0.15, 0.2) is 24.3 Å². The van der Waals surface area contributed by atoms with Crippen molar-refractivity contribution >= 4 is 15.7 Å². The standard InChI is InChI=1S/C18H23N3O3S/c1-13(2)10-20-7-8-21(17-12-25(23,24)11-16(17)20)18(22)15-5-3-14(9-19)4-6-15/h3-6,13,16-17H,7-8,10-12H2,1-2H3. The molecule has 0 aromatic heterocycles. The van der Waals surface area contributed by atoms with Crippen molar-refractivity contribution in [3.05, 3.63) is 35.4 Å². The van der Waals surface area contributed by atoms with Gasteiger partial charge in [-0.2, -0.15) is 5.26 Å². The van der Waals surface area contributed by atoms with E-state index in [1.54, 1.807) is 29.2 Å². The summed E-state index contributed by atoms with van der Waals surface area (Å²) in [5.74, 6) is 0.459. The molecule has 0 aliphatic carbocycles. The lowest BCUT2D eigenvalue weighted by Crippen LogP contribution is -2.61. The Bertz CT molecular complexity index is 796. The van der Waals surface area contributed by atoms with Crippen LogP contribution in [0.3, 0.4) is 0 Å². The van der Waals surface area contributed by atoms with E-state index in [9.17, 15) is 13.2 Å². The largest absolute Gasteiger partial charge is 0.332 e. The quantitative estimate of drug-likeness (QED) is 0.806. The number of carbonyl (C=O) groups excluding carboxylic acids is 1. The highest BCUT2D eigenvalue weighted by Crippen LogP contribution is 2.28. The van der Waals surface area contributed by atoms with Crippen molar-refractivity contribution in [1.29, 1.82) is 5.26 Å². The zero-order valence-electron chi connectivity index (χ0n) is 14.6. The fraction of sp³-hybridized carbons (Fsp3) is 0.556. The predicted molar refractivity (Wildman–Crippen MR) is 94.8 cm³/mol. The molecule has 6 nitrogen and oxygen atoms in total. The van der Waals surface area contributed by atoms with Crippen LogP contribution in [0.25, 0.3) is 0 Å². The summed E-state index contributed by atoms with van der Waals surface area (Å²) < 4.78 is 24.4.